The summed E-state index contributed by atoms with van der Waals surface area (Å²) in [6, 6.07) is 7.67. The Bertz CT molecular complexity index is 446. The lowest BCUT2D eigenvalue weighted by atomic mass is 9.64. The Hall–Kier alpha value is -0.930. The molecule has 0 radical (unpaired) electrons. The van der Waals surface area contributed by atoms with Gasteiger partial charge in [-0.05, 0) is 44.4 Å². The Morgan fingerprint density at radius 3 is 2.80 bits per heavy atom. The summed E-state index contributed by atoms with van der Waals surface area (Å²) in [6.07, 6.45) is 2.27. The quantitative estimate of drug-likeness (QED) is 0.860. The van der Waals surface area contributed by atoms with Gasteiger partial charge in [-0.1, -0.05) is 26.0 Å². The van der Waals surface area contributed by atoms with Crippen molar-refractivity contribution >= 4 is 0 Å². The Balaban J connectivity index is 1.85. The van der Waals surface area contributed by atoms with E-state index in [1.165, 1.54) is 6.07 Å². The average molecular weight is 279 g/mol. The maximum atomic E-state index is 13.2. The third-order valence-corrected chi connectivity index (χ3v) is 4.46. The SMILES string of the molecule is CCOC1CC(NC(C)Cc2cccc(F)c2)C1(C)C. The van der Waals surface area contributed by atoms with Crippen LogP contribution in [0.3, 0.4) is 0 Å². The topological polar surface area (TPSA) is 21.3 Å². The first-order chi connectivity index (χ1) is 9.43. The van der Waals surface area contributed by atoms with Crippen LogP contribution in [0, 0.1) is 11.2 Å². The molecule has 3 heteroatoms. The van der Waals surface area contributed by atoms with E-state index < -0.39 is 0 Å². The van der Waals surface area contributed by atoms with Crippen LogP contribution in [0.2, 0.25) is 0 Å². The molecule has 0 saturated heterocycles. The molecule has 1 aromatic carbocycles. The van der Waals surface area contributed by atoms with Crippen molar-refractivity contribution in [1.82, 2.24) is 5.32 Å². The van der Waals surface area contributed by atoms with Crippen LogP contribution >= 0.6 is 0 Å². The standard InChI is InChI=1S/C17H26FNO/c1-5-20-16-11-15(17(16,3)4)19-12(2)9-13-7-6-8-14(18)10-13/h6-8,10,12,15-16,19H,5,9,11H2,1-4H3. The summed E-state index contributed by atoms with van der Waals surface area (Å²) in [4.78, 5) is 0. The zero-order chi connectivity index (χ0) is 14.8. The molecule has 20 heavy (non-hydrogen) atoms. The second kappa shape index (κ2) is 6.23. The molecule has 1 aliphatic rings. The van der Waals surface area contributed by atoms with Crippen molar-refractivity contribution in [1.29, 1.82) is 0 Å². The molecular weight excluding hydrogens is 253 g/mol. The minimum Gasteiger partial charge on any atom is -0.378 e. The molecule has 2 nitrogen and oxygen atoms in total. The molecular formula is C17H26FNO. The van der Waals surface area contributed by atoms with Crippen LogP contribution in [0.1, 0.15) is 39.7 Å². The van der Waals surface area contributed by atoms with Crippen molar-refractivity contribution in [3.05, 3.63) is 35.6 Å². The minimum atomic E-state index is -0.157. The largest absolute Gasteiger partial charge is 0.378 e. The zero-order valence-corrected chi connectivity index (χ0v) is 12.9. The number of rotatable bonds is 6. The monoisotopic (exact) mass is 279 g/mol. The van der Waals surface area contributed by atoms with E-state index in [0.29, 0.717) is 18.2 Å². The fraction of sp³-hybridized carbons (Fsp3) is 0.647. The van der Waals surface area contributed by atoms with Gasteiger partial charge in [-0.25, -0.2) is 4.39 Å². The van der Waals surface area contributed by atoms with E-state index in [0.717, 1.165) is 25.0 Å². The van der Waals surface area contributed by atoms with Crippen molar-refractivity contribution in [3.63, 3.8) is 0 Å². The number of halogens is 1. The molecule has 1 saturated carbocycles. The average Bonchev–Trinajstić information content (AvgIpc) is 2.37. The summed E-state index contributed by atoms with van der Waals surface area (Å²) in [5, 5.41) is 3.66. The second-order valence-electron chi connectivity index (χ2n) is 6.46. The van der Waals surface area contributed by atoms with Gasteiger partial charge in [-0.3, -0.25) is 0 Å². The number of ether oxygens (including phenoxy) is 1. The van der Waals surface area contributed by atoms with Gasteiger partial charge in [0.25, 0.3) is 0 Å². The number of benzene rings is 1. The normalized spacial score (nSPS) is 26.1. The van der Waals surface area contributed by atoms with Crippen LogP contribution < -0.4 is 5.32 Å². The van der Waals surface area contributed by atoms with Gasteiger partial charge in [0.2, 0.25) is 0 Å². The van der Waals surface area contributed by atoms with Gasteiger partial charge in [0.05, 0.1) is 6.10 Å². The lowest BCUT2D eigenvalue weighted by molar-refractivity contribution is -0.116. The summed E-state index contributed by atoms with van der Waals surface area (Å²) in [7, 11) is 0. The van der Waals surface area contributed by atoms with E-state index in [2.05, 4.69) is 26.1 Å². The summed E-state index contributed by atoms with van der Waals surface area (Å²) < 4.78 is 18.9. The number of hydrogen-bond acceptors (Lipinski definition) is 2. The van der Waals surface area contributed by atoms with Gasteiger partial charge in [0.1, 0.15) is 5.82 Å². The first kappa shape index (κ1) is 15.5. The molecule has 0 bridgehead atoms. The third kappa shape index (κ3) is 3.39. The predicted octanol–water partition coefficient (Wildman–Crippen LogP) is 3.55. The highest BCUT2D eigenvalue weighted by Gasteiger charge is 2.48. The van der Waals surface area contributed by atoms with Crippen LogP contribution in [-0.4, -0.2) is 24.8 Å². The molecule has 0 amide bonds. The molecule has 3 unspecified atom stereocenters. The van der Waals surface area contributed by atoms with Crippen LogP contribution in [0.5, 0.6) is 0 Å². The molecule has 0 aliphatic heterocycles. The molecule has 1 N–H and O–H groups in total. The van der Waals surface area contributed by atoms with E-state index in [9.17, 15) is 4.39 Å². The molecule has 3 atom stereocenters. The molecule has 1 fully saturated rings. The highest BCUT2D eigenvalue weighted by molar-refractivity contribution is 5.17. The van der Waals surface area contributed by atoms with Crippen molar-refractivity contribution in [2.75, 3.05) is 6.61 Å². The van der Waals surface area contributed by atoms with Crippen LogP contribution in [-0.2, 0) is 11.2 Å². The lowest BCUT2D eigenvalue weighted by Crippen LogP contribution is -2.62. The van der Waals surface area contributed by atoms with Crippen LogP contribution in [0.15, 0.2) is 24.3 Å². The third-order valence-electron chi connectivity index (χ3n) is 4.46. The summed E-state index contributed by atoms with van der Waals surface area (Å²) in [5.41, 5.74) is 1.22. The van der Waals surface area contributed by atoms with Gasteiger partial charge in [0.15, 0.2) is 0 Å². The summed E-state index contributed by atoms with van der Waals surface area (Å²) in [6.45, 7) is 9.49. The minimum absolute atomic E-state index is 0.157. The molecule has 0 spiro atoms. The lowest BCUT2D eigenvalue weighted by Gasteiger charge is -2.52. The van der Waals surface area contributed by atoms with E-state index in [4.69, 9.17) is 4.74 Å². The van der Waals surface area contributed by atoms with Gasteiger partial charge >= 0.3 is 0 Å². The van der Waals surface area contributed by atoms with Crippen molar-refractivity contribution in [3.8, 4) is 0 Å². The Morgan fingerprint density at radius 2 is 2.20 bits per heavy atom. The highest BCUT2D eigenvalue weighted by atomic mass is 19.1. The Morgan fingerprint density at radius 1 is 1.45 bits per heavy atom. The fourth-order valence-electron chi connectivity index (χ4n) is 3.07. The van der Waals surface area contributed by atoms with Crippen LogP contribution in [0.25, 0.3) is 0 Å². The molecule has 0 heterocycles. The van der Waals surface area contributed by atoms with E-state index >= 15 is 0 Å². The predicted molar refractivity (Wildman–Crippen MR) is 80.3 cm³/mol. The molecule has 1 aromatic rings. The Labute approximate surface area is 121 Å². The van der Waals surface area contributed by atoms with Gasteiger partial charge in [-0.2, -0.15) is 0 Å². The molecule has 0 aromatic heterocycles. The second-order valence-corrected chi connectivity index (χ2v) is 6.46. The fourth-order valence-corrected chi connectivity index (χ4v) is 3.07. The first-order valence-corrected chi connectivity index (χ1v) is 7.55. The molecule has 2 rings (SSSR count). The number of hydrogen-bond donors (Lipinski definition) is 1. The first-order valence-electron chi connectivity index (χ1n) is 7.55. The van der Waals surface area contributed by atoms with Crippen LogP contribution in [0.4, 0.5) is 4.39 Å². The molecule has 1 aliphatic carbocycles. The highest BCUT2D eigenvalue weighted by Crippen LogP contribution is 2.42. The van der Waals surface area contributed by atoms with Gasteiger partial charge < -0.3 is 10.1 Å². The number of nitrogens with one attached hydrogen (secondary N) is 1. The van der Waals surface area contributed by atoms with Crippen molar-refractivity contribution in [2.24, 2.45) is 5.41 Å². The maximum Gasteiger partial charge on any atom is 0.123 e. The van der Waals surface area contributed by atoms with Crippen molar-refractivity contribution in [2.45, 2.75) is 58.7 Å². The van der Waals surface area contributed by atoms with E-state index in [1.807, 2.05) is 13.0 Å². The Kier molecular flexibility index (Phi) is 4.82. The van der Waals surface area contributed by atoms with E-state index in [-0.39, 0.29) is 11.2 Å². The summed E-state index contributed by atoms with van der Waals surface area (Å²) >= 11 is 0. The molecule has 112 valence electrons. The van der Waals surface area contributed by atoms with E-state index in [1.54, 1.807) is 12.1 Å². The zero-order valence-electron chi connectivity index (χ0n) is 12.9. The van der Waals surface area contributed by atoms with Crippen molar-refractivity contribution < 1.29 is 9.13 Å². The summed E-state index contributed by atoms with van der Waals surface area (Å²) in [5.74, 6) is -0.157. The smallest absolute Gasteiger partial charge is 0.123 e. The maximum absolute atomic E-state index is 13.2. The van der Waals surface area contributed by atoms with Gasteiger partial charge in [-0.15, -0.1) is 0 Å². The van der Waals surface area contributed by atoms with Gasteiger partial charge in [0, 0.05) is 24.1 Å².